The van der Waals surface area contributed by atoms with Gasteiger partial charge in [0, 0.05) is 23.1 Å². The number of aromatic nitrogens is 3. The minimum absolute atomic E-state index is 0.0715. The molecule has 0 amide bonds. The van der Waals surface area contributed by atoms with Crippen LogP contribution in [0.25, 0.3) is 5.65 Å². The Morgan fingerprint density at radius 1 is 1.37 bits per heavy atom. The fourth-order valence-electron chi connectivity index (χ4n) is 2.14. The Balaban J connectivity index is 2.24. The molecule has 1 aliphatic rings. The van der Waals surface area contributed by atoms with Crippen LogP contribution in [-0.2, 0) is 5.41 Å². The molecule has 1 N–H and O–H groups in total. The molecule has 5 nitrogen and oxygen atoms in total. The maximum absolute atomic E-state index is 11.2. The van der Waals surface area contributed by atoms with Gasteiger partial charge in [-0.05, 0) is 18.9 Å². The van der Waals surface area contributed by atoms with Crippen LogP contribution in [0.1, 0.15) is 61.4 Å². The summed E-state index contributed by atoms with van der Waals surface area (Å²) in [5.41, 5.74) is 2.57. The molecule has 2 aromatic rings. The first-order valence-corrected chi connectivity index (χ1v) is 6.51. The molecule has 0 radical (unpaired) electrons. The predicted octanol–water partition coefficient (Wildman–Crippen LogP) is 2.60. The van der Waals surface area contributed by atoms with Crippen molar-refractivity contribution in [3.63, 3.8) is 0 Å². The maximum atomic E-state index is 11.2. The van der Waals surface area contributed by atoms with E-state index in [1.54, 1.807) is 6.07 Å². The topological polar surface area (TPSA) is 67.5 Å². The lowest BCUT2D eigenvalue weighted by Crippen LogP contribution is -2.12. The van der Waals surface area contributed by atoms with E-state index in [9.17, 15) is 4.79 Å². The number of nitrogens with zero attached hydrogens (tertiary/aromatic N) is 3. The second-order valence-corrected chi connectivity index (χ2v) is 6.20. The van der Waals surface area contributed by atoms with Crippen LogP contribution in [0, 0.1) is 0 Å². The molecule has 2 heterocycles. The van der Waals surface area contributed by atoms with E-state index in [1.165, 1.54) is 0 Å². The molecule has 3 rings (SSSR count). The highest BCUT2D eigenvalue weighted by Gasteiger charge is 2.29. The number of aromatic carboxylic acids is 1. The van der Waals surface area contributed by atoms with Crippen LogP contribution < -0.4 is 0 Å². The van der Waals surface area contributed by atoms with Gasteiger partial charge in [0.05, 0.1) is 5.69 Å². The van der Waals surface area contributed by atoms with E-state index in [0.29, 0.717) is 11.6 Å². The zero-order valence-corrected chi connectivity index (χ0v) is 11.3. The summed E-state index contributed by atoms with van der Waals surface area (Å²) >= 11 is 0. The molecule has 0 aliphatic heterocycles. The SMILES string of the molecule is CC(C)(C)c1cc2nc(C(=O)O)cc(C3CC3)n2n1. The smallest absolute Gasteiger partial charge is 0.354 e. The third kappa shape index (κ3) is 2.09. The summed E-state index contributed by atoms with van der Waals surface area (Å²) in [5, 5.41) is 13.8. The van der Waals surface area contributed by atoms with Gasteiger partial charge in [-0.3, -0.25) is 0 Å². The Morgan fingerprint density at radius 3 is 2.58 bits per heavy atom. The van der Waals surface area contributed by atoms with E-state index in [0.717, 1.165) is 24.2 Å². The summed E-state index contributed by atoms with van der Waals surface area (Å²) in [7, 11) is 0. The lowest BCUT2D eigenvalue weighted by molar-refractivity contribution is 0.0690. The highest BCUT2D eigenvalue weighted by atomic mass is 16.4. The number of carboxylic acid groups (broad SMARTS) is 1. The number of fused-ring (bicyclic) bond motifs is 1. The molecule has 1 saturated carbocycles. The van der Waals surface area contributed by atoms with Crippen LogP contribution in [0.5, 0.6) is 0 Å². The van der Waals surface area contributed by atoms with E-state index in [-0.39, 0.29) is 11.1 Å². The van der Waals surface area contributed by atoms with Crippen LogP contribution in [0.4, 0.5) is 0 Å². The van der Waals surface area contributed by atoms with Crippen molar-refractivity contribution in [2.24, 2.45) is 0 Å². The Morgan fingerprint density at radius 2 is 2.05 bits per heavy atom. The van der Waals surface area contributed by atoms with Gasteiger partial charge in [0.2, 0.25) is 0 Å². The van der Waals surface area contributed by atoms with Gasteiger partial charge in [0.25, 0.3) is 0 Å². The van der Waals surface area contributed by atoms with Gasteiger partial charge < -0.3 is 5.11 Å². The van der Waals surface area contributed by atoms with E-state index in [4.69, 9.17) is 5.11 Å². The van der Waals surface area contributed by atoms with Crippen LogP contribution >= 0.6 is 0 Å². The molecule has 0 aromatic carbocycles. The van der Waals surface area contributed by atoms with Crippen molar-refractivity contribution >= 4 is 11.6 Å². The number of carbonyl (C=O) groups is 1. The first-order valence-electron chi connectivity index (χ1n) is 6.51. The van der Waals surface area contributed by atoms with Gasteiger partial charge in [-0.25, -0.2) is 14.3 Å². The fraction of sp³-hybridized carbons (Fsp3) is 0.500. The molecule has 5 heteroatoms. The zero-order chi connectivity index (χ0) is 13.8. The van der Waals surface area contributed by atoms with E-state index in [1.807, 2.05) is 10.6 Å². The number of hydrogen-bond donors (Lipinski definition) is 1. The average molecular weight is 259 g/mol. The standard InChI is InChI=1S/C14H17N3O2/c1-14(2,3)11-7-12-15-9(13(18)19)6-10(8-4-5-8)17(12)16-11/h6-8H,4-5H2,1-3H3,(H,18,19). The predicted molar refractivity (Wildman–Crippen MR) is 70.6 cm³/mol. The van der Waals surface area contributed by atoms with Gasteiger partial charge in [-0.1, -0.05) is 20.8 Å². The van der Waals surface area contributed by atoms with E-state index < -0.39 is 5.97 Å². The van der Waals surface area contributed by atoms with Crippen LogP contribution in [0.2, 0.25) is 0 Å². The first-order chi connectivity index (χ1) is 8.86. The van der Waals surface area contributed by atoms with Crippen LogP contribution in [0.15, 0.2) is 12.1 Å². The lowest BCUT2D eigenvalue weighted by atomic mass is 9.93. The van der Waals surface area contributed by atoms with E-state index >= 15 is 0 Å². The van der Waals surface area contributed by atoms with Crippen molar-refractivity contribution in [3.8, 4) is 0 Å². The molecular formula is C14H17N3O2. The molecule has 1 fully saturated rings. The van der Waals surface area contributed by atoms with Crippen molar-refractivity contribution in [1.29, 1.82) is 0 Å². The third-order valence-electron chi connectivity index (χ3n) is 3.44. The van der Waals surface area contributed by atoms with Crippen molar-refractivity contribution in [2.75, 3.05) is 0 Å². The van der Waals surface area contributed by atoms with E-state index in [2.05, 4.69) is 30.9 Å². The number of hydrogen-bond acceptors (Lipinski definition) is 3. The van der Waals surface area contributed by atoms with Gasteiger partial charge in [0.1, 0.15) is 0 Å². The van der Waals surface area contributed by atoms with Crippen molar-refractivity contribution < 1.29 is 9.90 Å². The summed E-state index contributed by atoms with van der Waals surface area (Å²) < 4.78 is 1.81. The molecule has 0 atom stereocenters. The monoisotopic (exact) mass is 259 g/mol. The molecule has 0 unspecified atom stereocenters. The Bertz CT molecular complexity index is 663. The quantitative estimate of drug-likeness (QED) is 0.900. The number of carboxylic acids is 1. The summed E-state index contributed by atoms with van der Waals surface area (Å²) in [6.45, 7) is 6.26. The minimum atomic E-state index is -0.983. The highest BCUT2D eigenvalue weighted by molar-refractivity contribution is 5.86. The molecule has 19 heavy (non-hydrogen) atoms. The second kappa shape index (κ2) is 3.79. The molecule has 2 aromatic heterocycles. The molecule has 0 spiro atoms. The van der Waals surface area contributed by atoms with Gasteiger partial charge in [-0.15, -0.1) is 0 Å². The van der Waals surface area contributed by atoms with Crippen LogP contribution in [0.3, 0.4) is 0 Å². The van der Waals surface area contributed by atoms with Crippen molar-refractivity contribution in [2.45, 2.75) is 44.9 Å². The molecular weight excluding hydrogens is 242 g/mol. The summed E-state index contributed by atoms with van der Waals surface area (Å²) in [6, 6.07) is 3.55. The molecule has 100 valence electrons. The maximum Gasteiger partial charge on any atom is 0.354 e. The lowest BCUT2D eigenvalue weighted by Gasteiger charge is -2.13. The molecule has 0 saturated heterocycles. The largest absolute Gasteiger partial charge is 0.477 e. The Kier molecular flexibility index (Phi) is 2.42. The van der Waals surface area contributed by atoms with Gasteiger partial charge in [-0.2, -0.15) is 5.10 Å². The van der Waals surface area contributed by atoms with Crippen molar-refractivity contribution in [3.05, 3.63) is 29.2 Å². The second-order valence-electron chi connectivity index (χ2n) is 6.20. The van der Waals surface area contributed by atoms with Crippen molar-refractivity contribution in [1.82, 2.24) is 14.6 Å². The molecule has 0 bridgehead atoms. The fourth-order valence-corrected chi connectivity index (χ4v) is 2.14. The Hall–Kier alpha value is -1.91. The summed E-state index contributed by atoms with van der Waals surface area (Å²) in [5.74, 6) is -0.556. The van der Waals surface area contributed by atoms with Gasteiger partial charge in [0.15, 0.2) is 11.3 Å². The highest BCUT2D eigenvalue weighted by Crippen LogP contribution is 2.40. The van der Waals surface area contributed by atoms with Crippen LogP contribution in [-0.4, -0.2) is 25.7 Å². The first kappa shape index (κ1) is 12.1. The van der Waals surface area contributed by atoms with Gasteiger partial charge >= 0.3 is 5.97 Å². The zero-order valence-electron chi connectivity index (χ0n) is 11.3. The average Bonchev–Trinajstić information content (AvgIpc) is 3.04. The minimum Gasteiger partial charge on any atom is -0.477 e. The normalized spacial score (nSPS) is 15.9. The third-order valence-corrected chi connectivity index (χ3v) is 3.44. The summed E-state index contributed by atoms with van der Waals surface area (Å²) in [6.07, 6.45) is 2.20. The number of rotatable bonds is 2. The Labute approximate surface area is 111 Å². The summed E-state index contributed by atoms with van der Waals surface area (Å²) in [4.78, 5) is 15.3. The molecule has 1 aliphatic carbocycles.